The van der Waals surface area contributed by atoms with Crippen LogP contribution in [0.3, 0.4) is 0 Å². The molecule has 1 nitrogen and oxygen atoms in total. The Morgan fingerprint density at radius 1 is 0.762 bits per heavy atom. The van der Waals surface area contributed by atoms with Crippen molar-refractivity contribution in [3.05, 3.63) is 60.2 Å². The quantitative estimate of drug-likeness (QED) is 0.787. The fourth-order valence-electron chi connectivity index (χ4n) is 2.32. The first-order valence-electron chi connectivity index (χ1n) is 7.79. The van der Waals surface area contributed by atoms with Gasteiger partial charge in [0.25, 0.3) is 0 Å². The minimum absolute atomic E-state index is 0.276. The van der Waals surface area contributed by atoms with Gasteiger partial charge >= 0.3 is 0 Å². The highest BCUT2D eigenvalue weighted by Crippen LogP contribution is 2.24. The van der Waals surface area contributed by atoms with Gasteiger partial charge in [0, 0.05) is 12.1 Å². The van der Waals surface area contributed by atoms with Gasteiger partial charge in [0.05, 0.1) is 0 Å². The molecule has 0 heterocycles. The fraction of sp³-hybridized carbons (Fsp3) is 0.400. The second kappa shape index (κ2) is 6.44. The summed E-state index contributed by atoms with van der Waals surface area (Å²) in [4.78, 5) is 0. The molecular weight excluding hydrogens is 254 g/mol. The summed E-state index contributed by atoms with van der Waals surface area (Å²) in [6.45, 7) is 11.3. The Bertz CT molecular complexity index is 549. The first kappa shape index (κ1) is 15.8. The number of rotatable bonds is 4. The summed E-state index contributed by atoms with van der Waals surface area (Å²) < 4.78 is 0. The minimum atomic E-state index is 0.276. The van der Waals surface area contributed by atoms with Crippen molar-refractivity contribution in [2.45, 2.75) is 46.7 Å². The van der Waals surface area contributed by atoms with Crippen LogP contribution in [0.5, 0.6) is 0 Å². The van der Waals surface area contributed by atoms with Crippen LogP contribution in [-0.2, 0) is 0 Å². The van der Waals surface area contributed by atoms with Crippen LogP contribution >= 0.6 is 0 Å². The molecule has 2 rings (SSSR count). The Morgan fingerprint density at radius 2 is 1.29 bits per heavy atom. The average molecular weight is 281 g/mol. The molecule has 0 amide bonds. The van der Waals surface area contributed by atoms with Crippen LogP contribution in [0.1, 0.15) is 46.2 Å². The highest BCUT2D eigenvalue weighted by atomic mass is 15.0. The smallest absolute Gasteiger partial charge is 0.0294 e. The molecule has 0 aliphatic rings. The Labute approximate surface area is 129 Å². The van der Waals surface area contributed by atoms with E-state index in [9.17, 15) is 0 Å². The van der Waals surface area contributed by atoms with Crippen molar-refractivity contribution in [2.24, 2.45) is 5.41 Å². The van der Waals surface area contributed by atoms with Crippen molar-refractivity contribution >= 4 is 0 Å². The molecule has 0 saturated heterocycles. The predicted molar refractivity (Wildman–Crippen MR) is 92.3 cm³/mol. The molecule has 0 aromatic heterocycles. The number of hydrogen-bond acceptors (Lipinski definition) is 1. The van der Waals surface area contributed by atoms with Crippen LogP contribution < -0.4 is 5.32 Å². The Balaban J connectivity index is 2.09. The Kier molecular flexibility index (Phi) is 4.84. The van der Waals surface area contributed by atoms with E-state index < -0.39 is 0 Å². The van der Waals surface area contributed by atoms with E-state index in [4.69, 9.17) is 0 Å². The topological polar surface area (TPSA) is 12.0 Å². The second-order valence-corrected chi connectivity index (χ2v) is 6.96. The lowest BCUT2D eigenvalue weighted by Gasteiger charge is -2.31. The summed E-state index contributed by atoms with van der Waals surface area (Å²) in [7, 11) is 0. The molecule has 2 aromatic rings. The van der Waals surface area contributed by atoms with Crippen LogP contribution in [0.25, 0.3) is 11.1 Å². The van der Waals surface area contributed by atoms with Gasteiger partial charge in [-0.1, -0.05) is 75.4 Å². The molecule has 2 unspecified atom stereocenters. The molecule has 1 N–H and O–H groups in total. The van der Waals surface area contributed by atoms with Crippen molar-refractivity contribution in [3.8, 4) is 11.1 Å². The maximum Gasteiger partial charge on any atom is 0.0294 e. The van der Waals surface area contributed by atoms with Crippen LogP contribution in [0, 0.1) is 5.41 Å². The van der Waals surface area contributed by atoms with Gasteiger partial charge in [0.2, 0.25) is 0 Å². The maximum absolute atomic E-state index is 3.70. The van der Waals surface area contributed by atoms with Crippen molar-refractivity contribution in [3.63, 3.8) is 0 Å². The van der Waals surface area contributed by atoms with Gasteiger partial charge in [-0.05, 0) is 36.0 Å². The van der Waals surface area contributed by atoms with Gasteiger partial charge in [-0.2, -0.15) is 0 Å². The molecule has 0 bridgehead atoms. The normalized spacial score (nSPS) is 14.7. The summed E-state index contributed by atoms with van der Waals surface area (Å²) in [5.41, 5.74) is 4.16. The predicted octanol–water partition coefficient (Wildman–Crippen LogP) is 5.44. The highest BCUT2D eigenvalue weighted by molar-refractivity contribution is 5.63. The molecule has 0 aliphatic carbocycles. The van der Waals surface area contributed by atoms with Crippen molar-refractivity contribution in [2.75, 3.05) is 0 Å². The molecule has 1 heteroatoms. The SMILES string of the molecule is CC(NC(C)C(C)(C)C)c1ccc(-c2ccccc2)cc1. The standard InChI is InChI=1S/C20H27N/c1-15(21-16(2)20(3,4)5)17-11-13-19(14-12-17)18-9-7-6-8-10-18/h6-16,21H,1-5H3. The van der Waals surface area contributed by atoms with E-state index in [1.165, 1.54) is 16.7 Å². The van der Waals surface area contributed by atoms with E-state index >= 15 is 0 Å². The molecule has 2 aromatic carbocycles. The number of nitrogens with one attached hydrogen (secondary N) is 1. The molecule has 0 saturated carbocycles. The lowest BCUT2D eigenvalue weighted by molar-refractivity contribution is 0.268. The van der Waals surface area contributed by atoms with Gasteiger partial charge in [-0.3, -0.25) is 0 Å². The summed E-state index contributed by atoms with van der Waals surface area (Å²) in [5, 5.41) is 3.70. The van der Waals surface area contributed by atoms with Gasteiger partial charge in [0.15, 0.2) is 0 Å². The van der Waals surface area contributed by atoms with Crippen LogP contribution in [0.15, 0.2) is 54.6 Å². The summed E-state index contributed by atoms with van der Waals surface area (Å²) in [5.74, 6) is 0. The fourth-order valence-corrected chi connectivity index (χ4v) is 2.32. The minimum Gasteiger partial charge on any atom is -0.307 e. The Morgan fingerprint density at radius 3 is 1.81 bits per heavy atom. The molecule has 0 aliphatic heterocycles. The lowest BCUT2D eigenvalue weighted by Crippen LogP contribution is -2.39. The van der Waals surface area contributed by atoms with Crippen molar-refractivity contribution in [1.29, 1.82) is 0 Å². The van der Waals surface area contributed by atoms with E-state index in [0.717, 1.165) is 0 Å². The zero-order valence-electron chi connectivity index (χ0n) is 13.9. The van der Waals surface area contributed by atoms with E-state index in [1.54, 1.807) is 0 Å². The van der Waals surface area contributed by atoms with E-state index in [0.29, 0.717) is 12.1 Å². The van der Waals surface area contributed by atoms with Crippen molar-refractivity contribution in [1.82, 2.24) is 5.32 Å². The second-order valence-electron chi connectivity index (χ2n) is 6.96. The molecule has 0 spiro atoms. The zero-order valence-corrected chi connectivity index (χ0v) is 13.9. The molecule has 0 radical (unpaired) electrons. The molecule has 112 valence electrons. The number of hydrogen-bond donors (Lipinski definition) is 1. The summed E-state index contributed by atoms with van der Waals surface area (Å²) >= 11 is 0. The van der Waals surface area contributed by atoms with E-state index in [2.05, 4.69) is 94.5 Å². The van der Waals surface area contributed by atoms with Crippen LogP contribution in [-0.4, -0.2) is 6.04 Å². The first-order chi connectivity index (χ1) is 9.88. The van der Waals surface area contributed by atoms with Gasteiger partial charge in [-0.15, -0.1) is 0 Å². The number of benzene rings is 2. The molecular formula is C20H27N. The average Bonchev–Trinajstić information content (AvgIpc) is 2.47. The van der Waals surface area contributed by atoms with Crippen LogP contribution in [0.2, 0.25) is 0 Å². The largest absolute Gasteiger partial charge is 0.307 e. The maximum atomic E-state index is 3.70. The molecule has 21 heavy (non-hydrogen) atoms. The summed E-state index contributed by atoms with van der Waals surface area (Å²) in [6.07, 6.45) is 0. The Hall–Kier alpha value is -1.60. The molecule has 0 fully saturated rings. The third-order valence-corrected chi connectivity index (χ3v) is 4.32. The third-order valence-electron chi connectivity index (χ3n) is 4.32. The van der Waals surface area contributed by atoms with Crippen molar-refractivity contribution < 1.29 is 0 Å². The highest BCUT2D eigenvalue weighted by Gasteiger charge is 2.21. The third kappa shape index (κ3) is 4.18. The molecule has 2 atom stereocenters. The van der Waals surface area contributed by atoms with Gasteiger partial charge in [0.1, 0.15) is 0 Å². The van der Waals surface area contributed by atoms with E-state index in [1.807, 2.05) is 0 Å². The lowest BCUT2D eigenvalue weighted by atomic mass is 9.87. The van der Waals surface area contributed by atoms with Crippen LogP contribution in [0.4, 0.5) is 0 Å². The summed E-state index contributed by atoms with van der Waals surface area (Å²) in [6, 6.07) is 20.2. The van der Waals surface area contributed by atoms with E-state index in [-0.39, 0.29) is 5.41 Å². The monoisotopic (exact) mass is 281 g/mol. The van der Waals surface area contributed by atoms with Gasteiger partial charge in [-0.25, -0.2) is 0 Å². The zero-order chi connectivity index (χ0) is 15.5. The first-order valence-corrected chi connectivity index (χ1v) is 7.79. The van der Waals surface area contributed by atoms with Gasteiger partial charge < -0.3 is 5.32 Å².